The van der Waals surface area contributed by atoms with Crippen molar-refractivity contribution in [3.63, 3.8) is 0 Å². The van der Waals surface area contributed by atoms with Crippen LogP contribution in [0.4, 0.5) is 0 Å². The zero-order valence-corrected chi connectivity index (χ0v) is 8.93. The van der Waals surface area contributed by atoms with Crippen LogP contribution in [-0.4, -0.2) is 11.1 Å². The van der Waals surface area contributed by atoms with Gasteiger partial charge in [-0.25, -0.2) is 4.79 Å². The summed E-state index contributed by atoms with van der Waals surface area (Å²) in [5, 5.41) is 9.45. The molecule has 0 aliphatic rings. The number of aliphatic carboxylic acids is 1. The highest BCUT2D eigenvalue weighted by Crippen LogP contribution is 2.25. The third-order valence-corrected chi connectivity index (χ3v) is 2.22. The van der Waals surface area contributed by atoms with Crippen LogP contribution in [0.1, 0.15) is 11.1 Å². The Labute approximate surface area is 91.8 Å². The summed E-state index contributed by atoms with van der Waals surface area (Å²) in [5.41, 5.74) is 1.53. The molecule has 4 heteroatoms. The van der Waals surface area contributed by atoms with Crippen LogP contribution < -0.4 is 0 Å². The Kier molecular flexibility index (Phi) is 3.55. The van der Waals surface area contributed by atoms with E-state index in [4.69, 9.17) is 28.3 Å². The molecule has 1 aromatic carbocycles. The second-order valence-electron chi connectivity index (χ2n) is 2.79. The standard InChI is InChI=1S/C10H8Cl2O2/c1-6-4-7(11)5-9(12)8(6)2-3-10(13)14/h2-5H,1H3,(H,13,14)/b3-2+. The van der Waals surface area contributed by atoms with Crippen LogP contribution in [0.15, 0.2) is 18.2 Å². The molecule has 0 saturated heterocycles. The molecule has 0 aliphatic heterocycles. The number of hydrogen-bond acceptors (Lipinski definition) is 1. The first kappa shape index (κ1) is 11.1. The van der Waals surface area contributed by atoms with E-state index in [2.05, 4.69) is 0 Å². The molecule has 0 saturated carbocycles. The summed E-state index contributed by atoms with van der Waals surface area (Å²) < 4.78 is 0. The minimum Gasteiger partial charge on any atom is -0.478 e. The minimum absolute atomic E-state index is 0.451. The van der Waals surface area contributed by atoms with Gasteiger partial charge in [-0.1, -0.05) is 23.2 Å². The first-order valence-electron chi connectivity index (χ1n) is 3.87. The van der Waals surface area contributed by atoms with Gasteiger partial charge in [0.2, 0.25) is 0 Å². The lowest BCUT2D eigenvalue weighted by Gasteiger charge is -2.03. The molecule has 14 heavy (non-hydrogen) atoms. The average Bonchev–Trinajstić information content (AvgIpc) is 2.01. The maximum Gasteiger partial charge on any atom is 0.328 e. The summed E-state index contributed by atoms with van der Waals surface area (Å²) in [6, 6.07) is 3.31. The SMILES string of the molecule is Cc1cc(Cl)cc(Cl)c1/C=C/C(=O)O. The third kappa shape index (κ3) is 2.76. The van der Waals surface area contributed by atoms with E-state index >= 15 is 0 Å². The maximum atomic E-state index is 10.3. The monoisotopic (exact) mass is 230 g/mol. The summed E-state index contributed by atoms with van der Waals surface area (Å²) in [6.07, 6.45) is 2.50. The molecular formula is C10H8Cl2O2. The van der Waals surface area contributed by atoms with Crippen LogP contribution >= 0.6 is 23.2 Å². The number of aryl methyl sites for hydroxylation is 1. The first-order valence-corrected chi connectivity index (χ1v) is 4.63. The quantitative estimate of drug-likeness (QED) is 0.792. The van der Waals surface area contributed by atoms with Crippen LogP contribution in [0.2, 0.25) is 10.0 Å². The molecule has 0 spiro atoms. The van der Waals surface area contributed by atoms with Crippen LogP contribution in [0.25, 0.3) is 6.08 Å². The van der Waals surface area contributed by atoms with Gasteiger partial charge < -0.3 is 5.11 Å². The van der Waals surface area contributed by atoms with Gasteiger partial charge in [-0.3, -0.25) is 0 Å². The Bertz CT molecular complexity index is 374. The number of benzene rings is 1. The van der Waals surface area contributed by atoms with Crippen LogP contribution in [0.5, 0.6) is 0 Å². The highest BCUT2D eigenvalue weighted by atomic mass is 35.5. The topological polar surface area (TPSA) is 37.3 Å². The molecule has 0 radical (unpaired) electrons. The number of carboxylic acid groups (broad SMARTS) is 1. The number of halogens is 2. The highest BCUT2D eigenvalue weighted by molar-refractivity contribution is 6.35. The van der Waals surface area contributed by atoms with Crippen molar-refractivity contribution in [2.45, 2.75) is 6.92 Å². The molecule has 0 atom stereocenters. The Hall–Kier alpha value is -0.990. The predicted octanol–water partition coefficient (Wildman–Crippen LogP) is 3.40. The van der Waals surface area contributed by atoms with Crippen molar-refractivity contribution < 1.29 is 9.90 Å². The summed E-state index contributed by atoms with van der Waals surface area (Å²) in [5.74, 6) is -1.00. The Morgan fingerprint density at radius 1 is 1.43 bits per heavy atom. The van der Waals surface area contributed by atoms with Gasteiger partial charge in [0, 0.05) is 16.1 Å². The van der Waals surface area contributed by atoms with E-state index < -0.39 is 5.97 Å². The molecule has 1 N–H and O–H groups in total. The van der Waals surface area contributed by atoms with E-state index in [1.807, 2.05) is 6.92 Å². The minimum atomic E-state index is -1.00. The van der Waals surface area contributed by atoms with E-state index in [0.29, 0.717) is 15.6 Å². The molecule has 0 amide bonds. The second-order valence-corrected chi connectivity index (χ2v) is 3.63. The molecule has 74 valence electrons. The molecule has 0 aliphatic carbocycles. The molecular weight excluding hydrogens is 223 g/mol. The number of carboxylic acids is 1. The Morgan fingerprint density at radius 3 is 2.57 bits per heavy atom. The lowest BCUT2D eigenvalue weighted by atomic mass is 10.1. The zero-order valence-electron chi connectivity index (χ0n) is 7.42. The fourth-order valence-electron chi connectivity index (χ4n) is 1.08. The van der Waals surface area contributed by atoms with Gasteiger partial charge in [0.05, 0.1) is 0 Å². The van der Waals surface area contributed by atoms with Crippen molar-refractivity contribution in [3.8, 4) is 0 Å². The molecule has 2 nitrogen and oxygen atoms in total. The molecule has 1 aromatic rings. The largest absolute Gasteiger partial charge is 0.478 e. The van der Waals surface area contributed by atoms with E-state index in [9.17, 15) is 4.79 Å². The predicted molar refractivity (Wildman–Crippen MR) is 57.9 cm³/mol. The fraction of sp³-hybridized carbons (Fsp3) is 0.100. The van der Waals surface area contributed by atoms with Gasteiger partial charge >= 0.3 is 5.97 Å². The summed E-state index contributed by atoms with van der Waals surface area (Å²) in [4.78, 5) is 10.3. The smallest absolute Gasteiger partial charge is 0.328 e. The fourth-order valence-corrected chi connectivity index (χ4v) is 1.74. The van der Waals surface area contributed by atoms with Crippen LogP contribution in [0.3, 0.4) is 0 Å². The number of rotatable bonds is 2. The van der Waals surface area contributed by atoms with Crippen molar-refractivity contribution >= 4 is 35.2 Å². The summed E-state index contributed by atoms with van der Waals surface area (Å²) >= 11 is 11.6. The van der Waals surface area contributed by atoms with E-state index in [0.717, 1.165) is 11.6 Å². The van der Waals surface area contributed by atoms with Gasteiger partial charge in [0.25, 0.3) is 0 Å². The number of hydrogen-bond donors (Lipinski definition) is 1. The maximum absolute atomic E-state index is 10.3. The zero-order chi connectivity index (χ0) is 10.7. The van der Waals surface area contributed by atoms with Crippen molar-refractivity contribution in [3.05, 3.63) is 39.4 Å². The lowest BCUT2D eigenvalue weighted by Crippen LogP contribution is -1.88. The van der Waals surface area contributed by atoms with Gasteiger partial charge in [-0.15, -0.1) is 0 Å². The Morgan fingerprint density at radius 2 is 2.07 bits per heavy atom. The van der Waals surface area contributed by atoms with E-state index in [1.54, 1.807) is 12.1 Å². The van der Waals surface area contributed by atoms with Gasteiger partial charge in [-0.05, 0) is 36.3 Å². The van der Waals surface area contributed by atoms with Gasteiger partial charge in [-0.2, -0.15) is 0 Å². The van der Waals surface area contributed by atoms with E-state index in [-0.39, 0.29) is 0 Å². The summed E-state index contributed by atoms with van der Waals surface area (Å²) in [6.45, 7) is 1.82. The number of carbonyl (C=O) groups is 1. The van der Waals surface area contributed by atoms with Crippen molar-refractivity contribution in [1.29, 1.82) is 0 Å². The van der Waals surface area contributed by atoms with Gasteiger partial charge in [0.15, 0.2) is 0 Å². The van der Waals surface area contributed by atoms with Crippen molar-refractivity contribution in [2.24, 2.45) is 0 Å². The van der Waals surface area contributed by atoms with Crippen LogP contribution in [0, 0.1) is 6.92 Å². The molecule has 0 aromatic heterocycles. The summed E-state index contributed by atoms with van der Waals surface area (Å²) in [7, 11) is 0. The molecule has 0 heterocycles. The van der Waals surface area contributed by atoms with Crippen molar-refractivity contribution in [1.82, 2.24) is 0 Å². The molecule has 0 fully saturated rings. The van der Waals surface area contributed by atoms with Crippen molar-refractivity contribution in [2.75, 3.05) is 0 Å². The second kappa shape index (κ2) is 4.49. The lowest BCUT2D eigenvalue weighted by molar-refractivity contribution is -0.131. The highest BCUT2D eigenvalue weighted by Gasteiger charge is 2.03. The molecule has 0 bridgehead atoms. The van der Waals surface area contributed by atoms with Crippen LogP contribution in [-0.2, 0) is 4.79 Å². The average molecular weight is 231 g/mol. The first-order chi connectivity index (χ1) is 6.50. The third-order valence-electron chi connectivity index (χ3n) is 1.69. The van der Waals surface area contributed by atoms with E-state index in [1.165, 1.54) is 6.08 Å². The molecule has 1 rings (SSSR count). The normalized spacial score (nSPS) is 10.8. The molecule has 0 unspecified atom stereocenters. The Balaban J connectivity index is 3.15. The van der Waals surface area contributed by atoms with Gasteiger partial charge in [0.1, 0.15) is 0 Å².